The summed E-state index contributed by atoms with van der Waals surface area (Å²) < 4.78 is 6.08. The van der Waals surface area contributed by atoms with Crippen molar-refractivity contribution in [1.82, 2.24) is 4.90 Å². The zero-order valence-corrected chi connectivity index (χ0v) is 17.6. The number of carbonyl (C=O) groups excluding carboxylic acids is 3. The molecule has 0 radical (unpaired) electrons. The number of primary amides is 1. The lowest BCUT2D eigenvalue weighted by Crippen LogP contribution is -2.27. The fourth-order valence-corrected chi connectivity index (χ4v) is 3.80. The topological polar surface area (TPSA) is 133 Å². The molecular formula is C19H14BrN3O6S. The molecule has 11 heteroatoms. The van der Waals surface area contributed by atoms with Gasteiger partial charge in [0.15, 0.2) is 6.61 Å². The SMILES string of the molecule is NC(=O)COc1ccc(Br)cc1/C=C1\SC(=O)N(Cc2ccc([N+](=O)[O-])cc2)C1=O. The molecule has 1 heterocycles. The number of nitrogens with two attached hydrogens (primary N) is 1. The van der Waals surface area contributed by atoms with Crippen LogP contribution in [0.3, 0.4) is 0 Å². The number of nitrogens with zero attached hydrogens (tertiary/aromatic N) is 2. The third-order valence-corrected chi connectivity index (χ3v) is 5.39. The summed E-state index contributed by atoms with van der Waals surface area (Å²) in [4.78, 5) is 47.5. The van der Waals surface area contributed by atoms with Crippen LogP contribution in [0.15, 0.2) is 51.8 Å². The minimum atomic E-state index is -0.646. The van der Waals surface area contributed by atoms with Crippen molar-refractivity contribution in [3.05, 3.63) is 73.1 Å². The lowest BCUT2D eigenvalue weighted by Gasteiger charge is -2.12. The molecule has 30 heavy (non-hydrogen) atoms. The van der Waals surface area contributed by atoms with Crippen molar-refractivity contribution in [1.29, 1.82) is 0 Å². The van der Waals surface area contributed by atoms with E-state index < -0.39 is 22.0 Å². The Labute approximate surface area is 183 Å². The van der Waals surface area contributed by atoms with Crippen LogP contribution >= 0.6 is 27.7 Å². The summed E-state index contributed by atoms with van der Waals surface area (Å²) in [7, 11) is 0. The zero-order valence-electron chi connectivity index (χ0n) is 15.2. The molecule has 1 aliphatic rings. The Bertz CT molecular complexity index is 1070. The normalized spacial score (nSPS) is 15.0. The number of imide groups is 1. The standard InChI is InChI=1S/C19H14BrN3O6S/c20-13-3-6-15(29-10-17(21)24)12(7-13)8-16-18(25)22(19(26)30-16)9-11-1-4-14(5-2-11)23(27)28/h1-8H,9-10H2,(H2,21,24)/b16-8-. The van der Waals surface area contributed by atoms with E-state index in [4.69, 9.17) is 10.5 Å². The van der Waals surface area contributed by atoms with Gasteiger partial charge in [0, 0.05) is 22.2 Å². The molecule has 2 aromatic rings. The van der Waals surface area contributed by atoms with E-state index in [-0.39, 0.29) is 23.7 Å². The summed E-state index contributed by atoms with van der Waals surface area (Å²) in [6.07, 6.45) is 1.50. The van der Waals surface area contributed by atoms with E-state index in [1.54, 1.807) is 18.2 Å². The maximum atomic E-state index is 12.7. The molecule has 154 valence electrons. The van der Waals surface area contributed by atoms with Gasteiger partial charge in [0.2, 0.25) is 0 Å². The molecule has 2 N–H and O–H groups in total. The molecule has 3 amide bonds. The summed E-state index contributed by atoms with van der Waals surface area (Å²) in [5.41, 5.74) is 6.10. The van der Waals surface area contributed by atoms with Gasteiger partial charge in [-0.3, -0.25) is 29.4 Å². The van der Waals surface area contributed by atoms with Crippen LogP contribution in [0.4, 0.5) is 10.5 Å². The van der Waals surface area contributed by atoms with Gasteiger partial charge in [0.1, 0.15) is 5.75 Å². The van der Waals surface area contributed by atoms with Crippen LogP contribution in [0.1, 0.15) is 11.1 Å². The molecule has 3 rings (SSSR count). The molecule has 0 atom stereocenters. The van der Waals surface area contributed by atoms with Gasteiger partial charge in [0.25, 0.3) is 22.7 Å². The maximum Gasteiger partial charge on any atom is 0.293 e. The minimum Gasteiger partial charge on any atom is -0.483 e. The molecule has 0 unspecified atom stereocenters. The number of carbonyl (C=O) groups is 3. The van der Waals surface area contributed by atoms with E-state index >= 15 is 0 Å². The first-order chi connectivity index (χ1) is 14.2. The van der Waals surface area contributed by atoms with Crippen molar-refractivity contribution >= 4 is 56.5 Å². The number of nitro benzene ring substituents is 1. The fraction of sp³-hybridized carbons (Fsp3) is 0.105. The number of hydrogen-bond donors (Lipinski definition) is 1. The Balaban J connectivity index is 1.82. The Morgan fingerprint density at radius 2 is 1.93 bits per heavy atom. The fourth-order valence-electron chi connectivity index (χ4n) is 2.60. The number of hydrogen-bond acceptors (Lipinski definition) is 7. The lowest BCUT2D eigenvalue weighted by atomic mass is 10.1. The molecule has 2 aromatic carbocycles. The first-order valence-corrected chi connectivity index (χ1v) is 10.0. The van der Waals surface area contributed by atoms with E-state index in [9.17, 15) is 24.5 Å². The Morgan fingerprint density at radius 1 is 1.23 bits per heavy atom. The molecule has 0 saturated carbocycles. The number of amides is 3. The molecular weight excluding hydrogens is 478 g/mol. The zero-order chi connectivity index (χ0) is 21.8. The highest BCUT2D eigenvalue weighted by atomic mass is 79.9. The van der Waals surface area contributed by atoms with Crippen molar-refractivity contribution in [2.45, 2.75) is 6.54 Å². The lowest BCUT2D eigenvalue weighted by molar-refractivity contribution is -0.384. The molecule has 1 fully saturated rings. The van der Waals surface area contributed by atoms with Crippen LogP contribution in [-0.4, -0.2) is 33.5 Å². The molecule has 1 aliphatic heterocycles. The highest BCUT2D eigenvalue weighted by Crippen LogP contribution is 2.35. The number of ether oxygens (including phenoxy) is 1. The second-order valence-corrected chi connectivity index (χ2v) is 8.04. The maximum absolute atomic E-state index is 12.7. The van der Waals surface area contributed by atoms with Crippen LogP contribution in [0.5, 0.6) is 5.75 Å². The summed E-state index contributed by atoms with van der Waals surface area (Å²) in [5.74, 6) is -0.810. The predicted octanol–water partition coefficient (Wildman–Crippen LogP) is 3.46. The van der Waals surface area contributed by atoms with Gasteiger partial charge >= 0.3 is 0 Å². The summed E-state index contributed by atoms with van der Waals surface area (Å²) >= 11 is 4.10. The van der Waals surface area contributed by atoms with E-state index in [1.807, 2.05) is 0 Å². The number of benzene rings is 2. The molecule has 0 bridgehead atoms. The average Bonchev–Trinajstić information content (AvgIpc) is 2.95. The number of halogens is 1. The van der Waals surface area contributed by atoms with Gasteiger partial charge in [-0.05, 0) is 41.6 Å². The smallest absolute Gasteiger partial charge is 0.293 e. The Kier molecular flexibility index (Phi) is 6.53. The summed E-state index contributed by atoms with van der Waals surface area (Å²) in [6, 6.07) is 10.6. The molecule has 9 nitrogen and oxygen atoms in total. The number of non-ortho nitro benzene ring substituents is 1. The quantitative estimate of drug-likeness (QED) is 0.356. The van der Waals surface area contributed by atoms with Crippen LogP contribution in [0.2, 0.25) is 0 Å². The second kappa shape index (κ2) is 9.09. The monoisotopic (exact) mass is 491 g/mol. The van der Waals surface area contributed by atoms with Crippen LogP contribution in [0, 0.1) is 10.1 Å². The van der Waals surface area contributed by atoms with Crippen molar-refractivity contribution in [3.8, 4) is 5.75 Å². The second-order valence-electron chi connectivity index (χ2n) is 6.13. The first kappa shape index (κ1) is 21.5. The summed E-state index contributed by atoms with van der Waals surface area (Å²) in [5, 5.41) is 10.3. The van der Waals surface area contributed by atoms with Crippen molar-refractivity contribution < 1.29 is 24.0 Å². The highest BCUT2D eigenvalue weighted by Gasteiger charge is 2.35. The van der Waals surface area contributed by atoms with Crippen LogP contribution < -0.4 is 10.5 Å². The van der Waals surface area contributed by atoms with Crippen molar-refractivity contribution in [3.63, 3.8) is 0 Å². The molecule has 0 spiro atoms. The van der Waals surface area contributed by atoms with Gasteiger partial charge in [-0.25, -0.2) is 0 Å². The summed E-state index contributed by atoms with van der Waals surface area (Å²) in [6.45, 7) is -0.340. The predicted molar refractivity (Wildman–Crippen MR) is 113 cm³/mol. The van der Waals surface area contributed by atoms with Crippen molar-refractivity contribution in [2.75, 3.05) is 6.61 Å². The van der Waals surface area contributed by atoms with E-state index in [1.165, 1.54) is 30.3 Å². The first-order valence-electron chi connectivity index (χ1n) is 8.44. The highest BCUT2D eigenvalue weighted by molar-refractivity contribution is 9.10. The molecule has 1 saturated heterocycles. The van der Waals surface area contributed by atoms with E-state index in [0.29, 0.717) is 21.3 Å². The van der Waals surface area contributed by atoms with Gasteiger partial charge in [-0.15, -0.1) is 0 Å². The van der Waals surface area contributed by atoms with Crippen LogP contribution in [-0.2, 0) is 16.1 Å². The molecule has 0 aromatic heterocycles. The number of rotatable bonds is 7. The van der Waals surface area contributed by atoms with Crippen LogP contribution in [0.25, 0.3) is 6.08 Å². The van der Waals surface area contributed by atoms with Crippen molar-refractivity contribution in [2.24, 2.45) is 5.73 Å². The van der Waals surface area contributed by atoms with Gasteiger partial charge in [0.05, 0.1) is 16.4 Å². The third-order valence-electron chi connectivity index (χ3n) is 3.99. The Morgan fingerprint density at radius 3 is 2.57 bits per heavy atom. The number of nitro groups is 1. The van der Waals surface area contributed by atoms with E-state index in [2.05, 4.69) is 15.9 Å². The molecule has 0 aliphatic carbocycles. The largest absolute Gasteiger partial charge is 0.483 e. The average molecular weight is 492 g/mol. The Hall–Kier alpha value is -3.18. The van der Waals surface area contributed by atoms with Gasteiger partial charge < -0.3 is 10.5 Å². The third kappa shape index (κ3) is 5.05. The number of thioether (sulfide) groups is 1. The van der Waals surface area contributed by atoms with E-state index in [0.717, 1.165) is 16.7 Å². The minimum absolute atomic E-state index is 0.0104. The van der Waals surface area contributed by atoms with Gasteiger partial charge in [-0.1, -0.05) is 28.1 Å². The van der Waals surface area contributed by atoms with Gasteiger partial charge in [-0.2, -0.15) is 0 Å².